The van der Waals surface area contributed by atoms with Gasteiger partial charge in [0.25, 0.3) is 0 Å². The second-order valence-corrected chi connectivity index (χ2v) is 7.81. The number of benzene rings is 2. The number of hydrogen-bond donors (Lipinski definition) is 1. The van der Waals surface area contributed by atoms with Crippen LogP contribution in [0.1, 0.15) is 25.1 Å². The Morgan fingerprint density at radius 2 is 1.77 bits per heavy atom. The summed E-state index contributed by atoms with van der Waals surface area (Å²) in [6.07, 6.45) is 0.460. The van der Waals surface area contributed by atoms with E-state index in [1.165, 1.54) is 0 Å². The number of nitrogens with zero attached hydrogens (tertiary/aromatic N) is 3. The molecule has 1 aliphatic rings. The summed E-state index contributed by atoms with van der Waals surface area (Å²) in [4.78, 5) is 4.64. The van der Waals surface area contributed by atoms with E-state index in [9.17, 15) is 0 Å². The maximum atomic E-state index is 6.33. The molecule has 1 atom stereocenters. The van der Waals surface area contributed by atoms with Gasteiger partial charge in [0.2, 0.25) is 16.8 Å². The van der Waals surface area contributed by atoms with E-state index >= 15 is 0 Å². The Balaban J connectivity index is 1.81. The molecule has 1 N–H and O–H groups in total. The first kappa shape index (κ1) is 21.0. The Kier molecular flexibility index (Phi) is 6.31. The molecule has 0 bridgehead atoms. The molecule has 0 amide bonds. The third-order valence-corrected chi connectivity index (χ3v) is 5.80. The Bertz CT molecular complexity index is 1050. The molecule has 0 aliphatic carbocycles. The molecule has 4 rings (SSSR count). The van der Waals surface area contributed by atoms with Crippen LogP contribution in [-0.4, -0.2) is 42.3 Å². The zero-order chi connectivity index (χ0) is 21.8. The Hall–Kier alpha value is -3.20. The van der Waals surface area contributed by atoms with Crippen LogP contribution in [0.25, 0.3) is 11.3 Å². The summed E-state index contributed by atoms with van der Waals surface area (Å²) in [7, 11) is 4.74. The molecule has 0 spiro atoms. The minimum atomic E-state index is -0.558. The van der Waals surface area contributed by atoms with Gasteiger partial charge in [-0.3, -0.25) is 0 Å². The molecule has 3 aromatic rings. The van der Waals surface area contributed by atoms with Crippen molar-refractivity contribution < 1.29 is 18.9 Å². The third kappa shape index (κ3) is 4.18. The van der Waals surface area contributed by atoms with E-state index in [-0.39, 0.29) is 0 Å². The van der Waals surface area contributed by atoms with Crippen LogP contribution in [0, 0.1) is 0 Å². The molecule has 0 saturated heterocycles. The van der Waals surface area contributed by atoms with Crippen molar-refractivity contribution in [3.05, 3.63) is 42.0 Å². The monoisotopic (exact) mass is 440 g/mol. The van der Waals surface area contributed by atoms with Crippen LogP contribution in [-0.2, 0) is 0 Å². The predicted molar refractivity (Wildman–Crippen MR) is 119 cm³/mol. The topological polar surface area (TPSA) is 87.6 Å². The minimum absolute atomic E-state index is 0.421. The average molecular weight is 441 g/mol. The Labute approximate surface area is 185 Å². The minimum Gasteiger partial charge on any atom is -0.493 e. The molecular weight excluding hydrogens is 416 g/mol. The van der Waals surface area contributed by atoms with Gasteiger partial charge in [-0.1, -0.05) is 36.9 Å². The first-order valence-corrected chi connectivity index (χ1v) is 10.9. The summed E-state index contributed by atoms with van der Waals surface area (Å²) in [5, 5.41) is 12.7. The van der Waals surface area contributed by atoms with E-state index in [0.29, 0.717) is 34.0 Å². The van der Waals surface area contributed by atoms with Crippen LogP contribution < -0.4 is 24.3 Å². The van der Waals surface area contributed by atoms with Crippen molar-refractivity contribution in [2.24, 2.45) is 0 Å². The van der Waals surface area contributed by atoms with Crippen molar-refractivity contribution in [3.63, 3.8) is 0 Å². The number of anilines is 1. The van der Waals surface area contributed by atoms with Crippen LogP contribution in [0.5, 0.6) is 23.1 Å². The maximum Gasteiger partial charge on any atom is 0.247 e. The number of aromatic nitrogens is 3. The van der Waals surface area contributed by atoms with Crippen molar-refractivity contribution in [2.75, 3.05) is 32.4 Å². The number of ether oxygens (including phenoxy) is 4. The van der Waals surface area contributed by atoms with Gasteiger partial charge in [0, 0.05) is 22.6 Å². The number of thioether (sulfide) groups is 1. The Morgan fingerprint density at radius 1 is 1.03 bits per heavy atom. The van der Waals surface area contributed by atoms with E-state index in [2.05, 4.69) is 27.4 Å². The molecule has 2 heterocycles. The first-order valence-electron chi connectivity index (χ1n) is 9.88. The second-order valence-electron chi connectivity index (χ2n) is 6.74. The molecule has 1 aliphatic heterocycles. The standard InChI is InChI=1S/C22H24N4O4S/c1-5-10-31-22-24-21-18(25-26-22)14-8-6-7-9-15(14)23-20(30-21)13-11-16(27-2)19(29-4)17(12-13)28-3/h6-9,11-12,20,23H,5,10H2,1-4H3/t20-/m1/s1. The molecule has 1 aromatic heterocycles. The summed E-state index contributed by atoms with van der Waals surface area (Å²) in [5.74, 6) is 2.93. The lowest BCUT2D eigenvalue weighted by Gasteiger charge is -2.21. The van der Waals surface area contributed by atoms with Gasteiger partial charge < -0.3 is 24.3 Å². The summed E-state index contributed by atoms with van der Waals surface area (Å²) >= 11 is 1.55. The number of nitrogens with one attached hydrogen (secondary N) is 1. The summed E-state index contributed by atoms with van der Waals surface area (Å²) in [6, 6.07) is 11.6. The zero-order valence-corrected chi connectivity index (χ0v) is 18.7. The van der Waals surface area contributed by atoms with Crippen molar-refractivity contribution in [1.29, 1.82) is 0 Å². The zero-order valence-electron chi connectivity index (χ0n) is 17.8. The fourth-order valence-electron chi connectivity index (χ4n) is 3.31. The maximum absolute atomic E-state index is 6.33. The van der Waals surface area contributed by atoms with Crippen LogP contribution >= 0.6 is 11.8 Å². The highest BCUT2D eigenvalue weighted by Gasteiger charge is 2.28. The van der Waals surface area contributed by atoms with Gasteiger partial charge in [0.05, 0.1) is 21.3 Å². The smallest absolute Gasteiger partial charge is 0.247 e. The van der Waals surface area contributed by atoms with Gasteiger partial charge in [0.1, 0.15) is 0 Å². The SMILES string of the molecule is CCCSc1nnc2c(n1)O[C@H](c1cc(OC)c(OC)c(OC)c1)Nc1ccccc1-2. The lowest BCUT2D eigenvalue weighted by Crippen LogP contribution is -2.17. The molecule has 0 radical (unpaired) electrons. The molecule has 162 valence electrons. The van der Waals surface area contributed by atoms with E-state index in [4.69, 9.17) is 18.9 Å². The molecule has 9 heteroatoms. The molecule has 0 unspecified atom stereocenters. The molecule has 0 fully saturated rings. The molecule has 31 heavy (non-hydrogen) atoms. The van der Waals surface area contributed by atoms with Gasteiger partial charge in [-0.15, -0.1) is 10.2 Å². The first-order chi connectivity index (χ1) is 15.2. The van der Waals surface area contributed by atoms with E-state index in [1.807, 2.05) is 36.4 Å². The van der Waals surface area contributed by atoms with Crippen molar-refractivity contribution in [3.8, 4) is 34.4 Å². The summed E-state index contributed by atoms with van der Waals surface area (Å²) < 4.78 is 22.8. The van der Waals surface area contributed by atoms with Gasteiger partial charge in [-0.05, 0) is 24.6 Å². The number of methoxy groups -OCH3 is 3. The van der Waals surface area contributed by atoms with E-state index in [1.54, 1.807) is 33.1 Å². The fraction of sp³-hybridized carbons (Fsp3) is 0.318. The van der Waals surface area contributed by atoms with Crippen molar-refractivity contribution in [2.45, 2.75) is 24.7 Å². The number of rotatable bonds is 7. The average Bonchev–Trinajstić information content (AvgIpc) is 2.98. The molecular formula is C22H24N4O4S. The van der Waals surface area contributed by atoms with Gasteiger partial charge >= 0.3 is 0 Å². The van der Waals surface area contributed by atoms with Crippen LogP contribution in [0.15, 0.2) is 41.6 Å². The molecule has 8 nitrogen and oxygen atoms in total. The molecule has 0 saturated carbocycles. The second kappa shape index (κ2) is 9.30. The third-order valence-electron chi connectivity index (χ3n) is 4.76. The quantitative estimate of drug-likeness (QED) is 0.531. The van der Waals surface area contributed by atoms with E-state index in [0.717, 1.165) is 29.0 Å². The number of fused-ring (bicyclic) bond motifs is 3. The Morgan fingerprint density at radius 3 is 2.45 bits per heavy atom. The molecule has 2 aromatic carbocycles. The van der Waals surface area contributed by atoms with Crippen molar-refractivity contribution in [1.82, 2.24) is 15.2 Å². The summed E-state index contributed by atoms with van der Waals surface area (Å²) in [5.41, 5.74) is 3.13. The van der Waals surface area contributed by atoms with Gasteiger partial charge in [0.15, 0.2) is 23.4 Å². The van der Waals surface area contributed by atoms with Gasteiger partial charge in [-0.25, -0.2) is 0 Å². The highest BCUT2D eigenvalue weighted by atomic mass is 32.2. The normalized spacial score (nSPS) is 14.4. The largest absolute Gasteiger partial charge is 0.493 e. The van der Waals surface area contributed by atoms with Crippen LogP contribution in [0.4, 0.5) is 5.69 Å². The summed E-state index contributed by atoms with van der Waals surface area (Å²) in [6.45, 7) is 2.11. The van der Waals surface area contributed by atoms with Crippen LogP contribution in [0.3, 0.4) is 0 Å². The fourth-order valence-corrected chi connectivity index (χ4v) is 3.94. The number of hydrogen-bond acceptors (Lipinski definition) is 9. The van der Waals surface area contributed by atoms with E-state index < -0.39 is 6.23 Å². The number of para-hydroxylation sites is 1. The lowest BCUT2D eigenvalue weighted by atomic mass is 10.1. The highest BCUT2D eigenvalue weighted by molar-refractivity contribution is 7.99. The predicted octanol–water partition coefficient (Wildman–Crippen LogP) is 4.57. The van der Waals surface area contributed by atoms with Crippen LogP contribution in [0.2, 0.25) is 0 Å². The highest BCUT2D eigenvalue weighted by Crippen LogP contribution is 2.43. The van der Waals surface area contributed by atoms with Gasteiger partial charge in [-0.2, -0.15) is 4.98 Å². The lowest BCUT2D eigenvalue weighted by molar-refractivity contribution is 0.223. The van der Waals surface area contributed by atoms with Crippen molar-refractivity contribution >= 4 is 17.4 Å².